The Morgan fingerprint density at radius 2 is 1.92 bits per heavy atom. The third-order valence-electron chi connectivity index (χ3n) is 5.92. The highest BCUT2D eigenvalue weighted by atomic mass is 32.2. The van der Waals surface area contributed by atoms with E-state index in [1.165, 1.54) is 24.9 Å². The number of nitrogens with zero attached hydrogens (tertiary/aromatic N) is 1. The number of aliphatic hydroxyl groups is 3. The Morgan fingerprint density at radius 1 is 1.21 bits per heavy atom. The average Bonchev–Trinajstić information content (AvgIpc) is 3.04. The van der Waals surface area contributed by atoms with Gasteiger partial charge >= 0.3 is 0 Å². The first-order chi connectivity index (χ1) is 17.9. The number of rotatable bonds is 8. The van der Waals surface area contributed by atoms with Crippen molar-refractivity contribution in [3.05, 3.63) is 60.2 Å². The van der Waals surface area contributed by atoms with Gasteiger partial charge in [0.15, 0.2) is 6.10 Å². The van der Waals surface area contributed by atoms with E-state index in [0.29, 0.717) is 11.3 Å². The number of ether oxygens (including phenoxy) is 1. The zero-order valence-electron chi connectivity index (χ0n) is 21.7. The molecule has 2 aromatic carbocycles. The van der Waals surface area contributed by atoms with Crippen LogP contribution in [-0.4, -0.2) is 70.5 Å². The fourth-order valence-corrected chi connectivity index (χ4v) is 5.07. The molecule has 1 aliphatic heterocycles. The summed E-state index contributed by atoms with van der Waals surface area (Å²) in [5.74, 6) is -1.07. The lowest BCUT2D eigenvalue weighted by Gasteiger charge is -2.28. The Hall–Kier alpha value is -3.20. The summed E-state index contributed by atoms with van der Waals surface area (Å²) >= 11 is 1.36. The first kappa shape index (κ1) is 29.4. The number of aliphatic hydroxyl groups excluding tert-OH is 3. The summed E-state index contributed by atoms with van der Waals surface area (Å²) in [5, 5.41) is 46.0. The van der Waals surface area contributed by atoms with Crippen molar-refractivity contribution < 1.29 is 29.6 Å². The van der Waals surface area contributed by atoms with Crippen molar-refractivity contribution in [3.8, 4) is 17.2 Å². The van der Waals surface area contributed by atoms with Gasteiger partial charge < -0.3 is 30.7 Å². The fourth-order valence-electron chi connectivity index (χ4n) is 3.88. The molecule has 5 atom stereocenters. The van der Waals surface area contributed by atoms with E-state index in [2.05, 4.69) is 16.7 Å². The van der Waals surface area contributed by atoms with Crippen LogP contribution in [0.2, 0.25) is 0 Å². The second-order valence-corrected chi connectivity index (χ2v) is 11.1. The third-order valence-corrected chi connectivity index (χ3v) is 7.15. The van der Waals surface area contributed by atoms with Gasteiger partial charge in [-0.3, -0.25) is 9.59 Å². The molecule has 0 radical (unpaired) electrons. The van der Waals surface area contributed by atoms with Crippen LogP contribution < -0.4 is 10.6 Å². The molecule has 10 heteroatoms. The molecule has 202 valence electrons. The number of hydrogen-bond donors (Lipinski definition) is 5. The molecular weight excluding hydrogens is 506 g/mol. The van der Waals surface area contributed by atoms with Crippen LogP contribution in [0.25, 0.3) is 11.1 Å². The van der Waals surface area contributed by atoms with E-state index in [0.717, 1.165) is 16.0 Å². The van der Waals surface area contributed by atoms with Crippen LogP contribution in [0.4, 0.5) is 5.69 Å². The smallest absolute Gasteiger partial charge is 0.252 e. The van der Waals surface area contributed by atoms with Gasteiger partial charge in [0.25, 0.3) is 5.91 Å². The summed E-state index contributed by atoms with van der Waals surface area (Å²) in [7, 11) is 1.19. The van der Waals surface area contributed by atoms with Crippen molar-refractivity contribution in [2.75, 3.05) is 18.2 Å². The van der Waals surface area contributed by atoms with Gasteiger partial charge in [0, 0.05) is 17.8 Å². The summed E-state index contributed by atoms with van der Waals surface area (Å²) in [6.07, 6.45) is -3.37. The van der Waals surface area contributed by atoms with Crippen molar-refractivity contribution in [3.63, 3.8) is 0 Å². The minimum Gasteiger partial charge on any atom is -0.387 e. The van der Waals surface area contributed by atoms with E-state index in [-0.39, 0.29) is 11.2 Å². The van der Waals surface area contributed by atoms with E-state index >= 15 is 0 Å². The SMILES string of the molecule is COC(C(=O)N[C@H]1CSc2c(cccc2-c2cccc(C#N)c2)NC1=O)C(O)C(O)C(O)C=CC(C)(C)C. The van der Waals surface area contributed by atoms with E-state index in [1.807, 2.05) is 32.9 Å². The molecule has 1 aliphatic rings. The van der Waals surface area contributed by atoms with E-state index in [4.69, 9.17) is 4.74 Å². The van der Waals surface area contributed by atoms with Crippen LogP contribution in [0, 0.1) is 16.7 Å². The maximum atomic E-state index is 13.0. The van der Waals surface area contributed by atoms with Crippen LogP contribution in [0.3, 0.4) is 0 Å². The van der Waals surface area contributed by atoms with Crippen molar-refractivity contribution in [2.45, 2.75) is 56.1 Å². The highest BCUT2D eigenvalue weighted by Gasteiger charge is 2.37. The normalized spacial score (nSPS) is 18.9. The van der Waals surface area contributed by atoms with Crippen molar-refractivity contribution >= 4 is 29.3 Å². The van der Waals surface area contributed by atoms with Gasteiger partial charge in [-0.15, -0.1) is 11.8 Å². The van der Waals surface area contributed by atoms with Gasteiger partial charge in [-0.1, -0.05) is 57.2 Å². The predicted octanol–water partition coefficient (Wildman–Crippen LogP) is 2.45. The second-order valence-electron chi connectivity index (χ2n) is 10.1. The number of carbonyl (C=O) groups excluding carboxylic acids is 2. The van der Waals surface area contributed by atoms with E-state index in [9.17, 15) is 30.2 Å². The summed E-state index contributed by atoms with van der Waals surface area (Å²) in [6.45, 7) is 5.72. The maximum Gasteiger partial charge on any atom is 0.252 e. The lowest BCUT2D eigenvalue weighted by atomic mass is 9.94. The second kappa shape index (κ2) is 12.6. The summed E-state index contributed by atoms with van der Waals surface area (Å²) in [5.41, 5.74) is 2.48. The Labute approximate surface area is 226 Å². The summed E-state index contributed by atoms with van der Waals surface area (Å²) < 4.78 is 5.14. The number of anilines is 1. The molecule has 0 bridgehead atoms. The molecule has 2 amide bonds. The van der Waals surface area contributed by atoms with Gasteiger partial charge in [0.05, 0.1) is 17.3 Å². The molecule has 2 aromatic rings. The number of allylic oxidation sites excluding steroid dienone is 1. The van der Waals surface area contributed by atoms with Crippen molar-refractivity contribution in [2.24, 2.45) is 5.41 Å². The third kappa shape index (κ3) is 7.22. The first-order valence-corrected chi connectivity index (χ1v) is 13.1. The highest BCUT2D eigenvalue weighted by molar-refractivity contribution is 7.99. The standard InChI is InChI=1S/C28H33N3O6S/c1-28(2,3)12-11-21(32)22(33)23(34)24(37-4)27(36)31-20-15-38-25-18(9-6-10-19(25)30-26(20)35)17-8-5-7-16(13-17)14-29/h5-13,20-24,32-34H,15H2,1-4H3,(H,30,35)(H,31,36)/t20-,21?,22?,23?,24?/m0/s1. The van der Waals surface area contributed by atoms with Gasteiger partial charge in [-0.25, -0.2) is 0 Å². The molecule has 38 heavy (non-hydrogen) atoms. The number of methoxy groups -OCH3 is 1. The van der Waals surface area contributed by atoms with Crippen molar-refractivity contribution in [1.82, 2.24) is 5.32 Å². The zero-order chi connectivity index (χ0) is 28.0. The van der Waals surface area contributed by atoms with Crippen LogP contribution in [0.1, 0.15) is 26.3 Å². The fraction of sp³-hybridized carbons (Fsp3) is 0.393. The highest BCUT2D eigenvalue weighted by Crippen LogP contribution is 2.39. The number of thioether (sulfide) groups is 1. The molecule has 9 nitrogen and oxygen atoms in total. The molecule has 4 unspecified atom stereocenters. The molecule has 0 saturated carbocycles. The molecule has 5 N–H and O–H groups in total. The van der Waals surface area contributed by atoms with E-state index in [1.54, 1.807) is 36.4 Å². The Kier molecular flexibility index (Phi) is 9.71. The predicted molar refractivity (Wildman–Crippen MR) is 145 cm³/mol. The number of nitriles is 1. The van der Waals surface area contributed by atoms with Gasteiger partial charge in [0.1, 0.15) is 24.4 Å². The van der Waals surface area contributed by atoms with Gasteiger partial charge in [-0.05, 0) is 34.7 Å². The number of amides is 2. The van der Waals surface area contributed by atoms with Crippen LogP contribution in [0.5, 0.6) is 0 Å². The Bertz CT molecular complexity index is 1240. The van der Waals surface area contributed by atoms with Crippen LogP contribution in [0.15, 0.2) is 59.5 Å². The molecule has 0 saturated heterocycles. The van der Waals surface area contributed by atoms with Crippen molar-refractivity contribution in [1.29, 1.82) is 5.26 Å². The Balaban J connectivity index is 1.74. The Morgan fingerprint density at radius 3 is 2.58 bits per heavy atom. The summed E-state index contributed by atoms with van der Waals surface area (Å²) in [6, 6.07) is 13.8. The molecule has 0 aliphatic carbocycles. The number of benzene rings is 2. The monoisotopic (exact) mass is 539 g/mol. The first-order valence-electron chi connectivity index (χ1n) is 12.1. The minimum atomic E-state index is -1.75. The number of fused-ring (bicyclic) bond motifs is 1. The zero-order valence-corrected chi connectivity index (χ0v) is 22.5. The molecular formula is C28H33N3O6S. The van der Waals surface area contributed by atoms with Gasteiger partial charge in [-0.2, -0.15) is 5.26 Å². The minimum absolute atomic E-state index is 0.186. The molecule has 0 spiro atoms. The topological polar surface area (TPSA) is 152 Å². The lowest BCUT2D eigenvalue weighted by molar-refractivity contribution is -0.150. The molecule has 0 fully saturated rings. The number of carbonyl (C=O) groups is 2. The quantitative estimate of drug-likeness (QED) is 0.321. The van der Waals surface area contributed by atoms with Crippen LogP contribution in [-0.2, 0) is 14.3 Å². The van der Waals surface area contributed by atoms with E-state index < -0.39 is 42.3 Å². The van der Waals surface area contributed by atoms with Gasteiger partial charge in [0.2, 0.25) is 5.91 Å². The molecule has 3 rings (SSSR count). The number of hydrogen-bond acceptors (Lipinski definition) is 8. The number of nitrogens with one attached hydrogen (secondary N) is 2. The maximum absolute atomic E-state index is 13.0. The largest absolute Gasteiger partial charge is 0.387 e. The molecule has 1 heterocycles. The summed E-state index contributed by atoms with van der Waals surface area (Å²) in [4.78, 5) is 26.8. The van der Waals surface area contributed by atoms with Crippen LogP contribution >= 0.6 is 11.8 Å². The lowest BCUT2D eigenvalue weighted by Crippen LogP contribution is -2.55. The molecule has 0 aromatic heterocycles. The average molecular weight is 540 g/mol.